The monoisotopic (exact) mass is 302 g/mol. The Kier molecular flexibility index (Phi) is 6.41. The van der Waals surface area contributed by atoms with Crippen molar-refractivity contribution < 1.29 is 19.0 Å². The second-order valence-electron chi connectivity index (χ2n) is 7.00. The Morgan fingerprint density at radius 3 is 2.35 bits per heavy atom. The molecule has 0 aromatic heterocycles. The fourth-order valence-electron chi connectivity index (χ4n) is 2.05. The molecule has 0 saturated heterocycles. The molecular weight excluding hydrogens is 272 g/mol. The maximum Gasteiger partial charge on any atom is 0.192 e. The lowest BCUT2D eigenvalue weighted by Gasteiger charge is -2.37. The standard InChI is InChI=1S/C15H30O4Si/c1-15(2,3)20(5,6)19-10-12-7-8-14(13(12)9-16)18-11-17-4/h7-8,12-14,16H,9-11H2,1-6H3/t12-,13+,14-/m0/s1. The summed E-state index contributed by atoms with van der Waals surface area (Å²) in [4.78, 5) is 0. The van der Waals surface area contributed by atoms with E-state index in [-0.39, 0.29) is 36.4 Å². The molecule has 1 aliphatic rings. The molecule has 0 aliphatic heterocycles. The Morgan fingerprint density at radius 1 is 1.20 bits per heavy atom. The molecule has 0 spiro atoms. The third kappa shape index (κ3) is 4.40. The second kappa shape index (κ2) is 7.18. The van der Waals surface area contributed by atoms with Crippen molar-refractivity contribution in [2.24, 2.45) is 11.8 Å². The highest BCUT2D eigenvalue weighted by Crippen LogP contribution is 2.38. The predicted molar refractivity (Wildman–Crippen MR) is 83.1 cm³/mol. The van der Waals surface area contributed by atoms with E-state index in [0.29, 0.717) is 6.61 Å². The van der Waals surface area contributed by atoms with E-state index < -0.39 is 8.32 Å². The number of aliphatic hydroxyl groups is 1. The molecule has 0 bridgehead atoms. The molecule has 0 saturated carbocycles. The fourth-order valence-corrected chi connectivity index (χ4v) is 3.09. The van der Waals surface area contributed by atoms with Crippen molar-refractivity contribution in [3.05, 3.63) is 12.2 Å². The SMILES string of the molecule is COCO[C@H]1C=C[C@@H](CO[Si](C)(C)C(C)(C)C)[C@H]1CO. The van der Waals surface area contributed by atoms with Crippen LogP contribution < -0.4 is 0 Å². The molecule has 0 aromatic carbocycles. The van der Waals surface area contributed by atoms with E-state index in [0.717, 1.165) is 0 Å². The van der Waals surface area contributed by atoms with Crippen molar-refractivity contribution in [2.75, 3.05) is 27.1 Å². The molecule has 1 aliphatic carbocycles. The van der Waals surface area contributed by atoms with Gasteiger partial charge in [0, 0.05) is 32.2 Å². The van der Waals surface area contributed by atoms with Gasteiger partial charge >= 0.3 is 0 Å². The van der Waals surface area contributed by atoms with E-state index >= 15 is 0 Å². The summed E-state index contributed by atoms with van der Waals surface area (Å²) in [5.74, 6) is 0.283. The molecule has 1 N–H and O–H groups in total. The molecule has 0 heterocycles. The zero-order chi connectivity index (χ0) is 15.4. The van der Waals surface area contributed by atoms with Crippen LogP contribution in [0.15, 0.2) is 12.2 Å². The van der Waals surface area contributed by atoms with E-state index in [1.165, 1.54) is 0 Å². The lowest BCUT2D eigenvalue weighted by molar-refractivity contribution is -0.0824. The summed E-state index contributed by atoms with van der Waals surface area (Å²) in [5.41, 5.74) is 0. The Balaban J connectivity index is 2.55. The van der Waals surface area contributed by atoms with Gasteiger partial charge in [-0.3, -0.25) is 0 Å². The van der Waals surface area contributed by atoms with Crippen LogP contribution in [-0.4, -0.2) is 46.6 Å². The summed E-state index contributed by atoms with van der Waals surface area (Å²) in [6, 6.07) is 0. The summed E-state index contributed by atoms with van der Waals surface area (Å²) >= 11 is 0. The molecule has 0 radical (unpaired) electrons. The van der Waals surface area contributed by atoms with Gasteiger partial charge in [0.25, 0.3) is 0 Å². The first kappa shape index (κ1) is 17.8. The second-order valence-corrected chi connectivity index (χ2v) is 11.8. The molecule has 3 atom stereocenters. The summed E-state index contributed by atoms with van der Waals surface area (Å²) in [7, 11) is -0.141. The highest BCUT2D eigenvalue weighted by molar-refractivity contribution is 6.74. The molecule has 20 heavy (non-hydrogen) atoms. The van der Waals surface area contributed by atoms with E-state index in [1.807, 2.05) is 6.08 Å². The van der Waals surface area contributed by atoms with E-state index in [1.54, 1.807) is 7.11 Å². The van der Waals surface area contributed by atoms with Gasteiger partial charge in [0.15, 0.2) is 8.32 Å². The molecule has 118 valence electrons. The van der Waals surface area contributed by atoms with Crippen LogP contribution >= 0.6 is 0 Å². The Bertz CT molecular complexity index is 322. The van der Waals surface area contributed by atoms with Crippen LogP contribution in [0, 0.1) is 11.8 Å². The van der Waals surface area contributed by atoms with Gasteiger partial charge < -0.3 is 19.0 Å². The van der Waals surface area contributed by atoms with Crippen LogP contribution in [0.1, 0.15) is 20.8 Å². The van der Waals surface area contributed by atoms with Crippen LogP contribution in [0.2, 0.25) is 18.1 Å². The Labute approximate surface area is 124 Å². The molecule has 0 unspecified atom stereocenters. The fraction of sp³-hybridized carbons (Fsp3) is 0.867. The number of ether oxygens (including phenoxy) is 2. The third-order valence-electron chi connectivity index (χ3n) is 4.55. The van der Waals surface area contributed by atoms with Crippen LogP contribution in [0.5, 0.6) is 0 Å². The average Bonchev–Trinajstić information content (AvgIpc) is 2.74. The number of methoxy groups -OCH3 is 1. The van der Waals surface area contributed by atoms with Crippen molar-refractivity contribution >= 4 is 8.32 Å². The Morgan fingerprint density at radius 2 is 1.85 bits per heavy atom. The Hall–Kier alpha value is -0.203. The van der Waals surface area contributed by atoms with E-state index in [9.17, 15) is 5.11 Å². The van der Waals surface area contributed by atoms with Crippen molar-refractivity contribution in [2.45, 2.75) is 45.0 Å². The zero-order valence-corrected chi connectivity index (χ0v) is 14.7. The number of rotatable bonds is 7. The zero-order valence-electron chi connectivity index (χ0n) is 13.7. The van der Waals surface area contributed by atoms with Crippen molar-refractivity contribution in [1.82, 2.24) is 0 Å². The first-order chi connectivity index (χ1) is 9.23. The van der Waals surface area contributed by atoms with Gasteiger partial charge in [0.05, 0.1) is 6.10 Å². The lowest BCUT2D eigenvalue weighted by atomic mass is 9.96. The molecule has 0 fully saturated rings. The van der Waals surface area contributed by atoms with Crippen molar-refractivity contribution in [3.63, 3.8) is 0 Å². The first-order valence-electron chi connectivity index (χ1n) is 7.26. The molecule has 0 aromatic rings. The minimum absolute atomic E-state index is 0.0647. The molecule has 0 amide bonds. The molecule has 5 heteroatoms. The summed E-state index contributed by atoms with van der Waals surface area (Å²) in [6.45, 7) is 12.2. The van der Waals surface area contributed by atoms with Gasteiger partial charge in [-0.2, -0.15) is 0 Å². The lowest BCUT2D eigenvalue weighted by Crippen LogP contribution is -2.42. The van der Waals surface area contributed by atoms with Crippen LogP contribution in [0.3, 0.4) is 0 Å². The number of hydrogen-bond donors (Lipinski definition) is 1. The molecular formula is C15H30O4Si. The normalized spacial score (nSPS) is 27.2. The molecule has 1 rings (SSSR count). The van der Waals surface area contributed by atoms with Gasteiger partial charge in [-0.15, -0.1) is 0 Å². The van der Waals surface area contributed by atoms with E-state index in [4.69, 9.17) is 13.9 Å². The highest BCUT2D eigenvalue weighted by atomic mass is 28.4. The van der Waals surface area contributed by atoms with Gasteiger partial charge in [0.2, 0.25) is 0 Å². The van der Waals surface area contributed by atoms with Crippen LogP contribution in [0.25, 0.3) is 0 Å². The largest absolute Gasteiger partial charge is 0.416 e. The van der Waals surface area contributed by atoms with Crippen molar-refractivity contribution in [3.8, 4) is 0 Å². The third-order valence-corrected chi connectivity index (χ3v) is 9.05. The van der Waals surface area contributed by atoms with Gasteiger partial charge in [-0.1, -0.05) is 32.9 Å². The average molecular weight is 302 g/mol. The quantitative estimate of drug-likeness (QED) is 0.446. The van der Waals surface area contributed by atoms with Crippen LogP contribution in [0.4, 0.5) is 0 Å². The highest BCUT2D eigenvalue weighted by Gasteiger charge is 2.39. The maximum atomic E-state index is 9.59. The van der Waals surface area contributed by atoms with Crippen LogP contribution in [-0.2, 0) is 13.9 Å². The minimum Gasteiger partial charge on any atom is -0.416 e. The topological polar surface area (TPSA) is 47.9 Å². The summed E-state index contributed by atoms with van der Waals surface area (Å²) in [6.07, 6.45) is 4.04. The van der Waals surface area contributed by atoms with Gasteiger partial charge in [-0.05, 0) is 18.1 Å². The van der Waals surface area contributed by atoms with Crippen molar-refractivity contribution in [1.29, 1.82) is 0 Å². The smallest absolute Gasteiger partial charge is 0.192 e. The molecule has 4 nitrogen and oxygen atoms in total. The number of hydrogen-bond acceptors (Lipinski definition) is 4. The summed E-state index contributed by atoms with van der Waals surface area (Å²) in [5, 5.41) is 9.79. The van der Waals surface area contributed by atoms with Gasteiger partial charge in [-0.25, -0.2) is 0 Å². The predicted octanol–water partition coefficient (Wildman–Crippen LogP) is 2.79. The number of aliphatic hydroxyl groups excluding tert-OH is 1. The first-order valence-corrected chi connectivity index (χ1v) is 10.2. The van der Waals surface area contributed by atoms with Gasteiger partial charge in [0.1, 0.15) is 6.79 Å². The summed E-state index contributed by atoms with van der Waals surface area (Å²) < 4.78 is 16.8. The maximum absolute atomic E-state index is 9.59. The van der Waals surface area contributed by atoms with E-state index in [2.05, 4.69) is 39.9 Å². The minimum atomic E-state index is -1.74.